The van der Waals surface area contributed by atoms with E-state index in [0.29, 0.717) is 28.7 Å². The lowest BCUT2D eigenvalue weighted by Crippen LogP contribution is -2.28. The van der Waals surface area contributed by atoms with E-state index in [9.17, 15) is 9.59 Å². The number of nitrogens with one attached hydrogen (secondary N) is 1. The highest BCUT2D eigenvalue weighted by molar-refractivity contribution is 6.31. The number of ether oxygens (including phenoxy) is 1. The molecule has 5 nitrogen and oxygen atoms in total. The smallest absolute Gasteiger partial charge is 0.229 e. The molecule has 1 saturated heterocycles. The number of aryl methyl sites for hydroxylation is 1. The van der Waals surface area contributed by atoms with Crippen LogP contribution < -0.4 is 15.0 Å². The van der Waals surface area contributed by atoms with Crippen molar-refractivity contribution in [2.45, 2.75) is 13.3 Å². The lowest BCUT2D eigenvalue weighted by Gasteiger charge is -2.17. The van der Waals surface area contributed by atoms with E-state index in [1.807, 2.05) is 67.6 Å². The molecule has 1 atom stereocenters. The van der Waals surface area contributed by atoms with E-state index in [0.717, 1.165) is 22.1 Å². The molecule has 5 rings (SSSR count). The highest BCUT2D eigenvalue weighted by atomic mass is 35.5. The third kappa shape index (κ3) is 4.61. The summed E-state index contributed by atoms with van der Waals surface area (Å²) in [6.45, 7) is 2.24. The molecular formula is C28H23ClN2O3. The van der Waals surface area contributed by atoms with Crippen LogP contribution >= 0.6 is 11.6 Å². The molecule has 2 amide bonds. The molecule has 4 aromatic rings. The molecule has 0 aliphatic carbocycles. The van der Waals surface area contributed by atoms with E-state index in [1.54, 1.807) is 23.1 Å². The monoisotopic (exact) mass is 470 g/mol. The quantitative estimate of drug-likeness (QED) is 0.358. The summed E-state index contributed by atoms with van der Waals surface area (Å²) in [7, 11) is 0. The molecule has 1 fully saturated rings. The molecule has 4 aromatic carbocycles. The number of carbonyl (C=O) groups is 2. The lowest BCUT2D eigenvalue weighted by molar-refractivity contribution is -0.122. The Labute approximate surface area is 202 Å². The molecule has 0 bridgehead atoms. The first-order chi connectivity index (χ1) is 16.5. The number of fused-ring (bicyclic) bond motifs is 1. The maximum absolute atomic E-state index is 12.8. The Balaban J connectivity index is 1.21. The number of nitrogens with zero attached hydrogens (tertiary/aromatic N) is 1. The highest BCUT2D eigenvalue weighted by Gasteiger charge is 2.35. The normalized spacial score (nSPS) is 15.5. The Morgan fingerprint density at radius 1 is 0.941 bits per heavy atom. The maximum Gasteiger partial charge on any atom is 0.229 e. The first-order valence-corrected chi connectivity index (χ1v) is 11.5. The first-order valence-electron chi connectivity index (χ1n) is 11.1. The number of anilines is 2. The van der Waals surface area contributed by atoms with E-state index in [2.05, 4.69) is 11.4 Å². The summed E-state index contributed by atoms with van der Waals surface area (Å²) >= 11 is 6.21. The number of hydrogen-bond acceptors (Lipinski definition) is 3. The van der Waals surface area contributed by atoms with E-state index < -0.39 is 5.92 Å². The van der Waals surface area contributed by atoms with Gasteiger partial charge in [0.15, 0.2) is 0 Å². The van der Waals surface area contributed by atoms with Crippen LogP contribution in [0.1, 0.15) is 12.0 Å². The molecule has 1 N–H and O–H groups in total. The number of hydrogen-bond donors (Lipinski definition) is 1. The number of carbonyl (C=O) groups excluding carboxylic acids is 2. The largest absolute Gasteiger partial charge is 0.457 e. The second-order valence-corrected chi connectivity index (χ2v) is 8.87. The summed E-state index contributed by atoms with van der Waals surface area (Å²) < 4.78 is 5.97. The van der Waals surface area contributed by atoms with Gasteiger partial charge in [0.25, 0.3) is 0 Å². The molecule has 0 unspecified atom stereocenters. The van der Waals surface area contributed by atoms with Crippen LogP contribution in [-0.2, 0) is 9.59 Å². The molecule has 34 heavy (non-hydrogen) atoms. The van der Waals surface area contributed by atoms with Crippen molar-refractivity contribution in [2.75, 3.05) is 16.8 Å². The van der Waals surface area contributed by atoms with E-state index in [-0.39, 0.29) is 18.2 Å². The zero-order valence-corrected chi connectivity index (χ0v) is 19.4. The van der Waals surface area contributed by atoms with Gasteiger partial charge in [-0.15, -0.1) is 0 Å². The third-order valence-corrected chi connectivity index (χ3v) is 6.45. The Hall–Kier alpha value is -3.83. The average Bonchev–Trinajstić information content (AvgIpc) is 3.24. The molecular weight excluding hydrogens is 448 g/mol. The topological polar surface area (TPSA) is 58.6 Å². The second kappa shape index (κ2) is 9.20. The van der Waals surface area contributed by atoms with Crippen LogP contribution in [0.25, 0.3) is 10.8 Å². The fourth-order valence-electron chi connectivity index (χ4n) is 4.10. The van der Waals surface area contributed by atoms with Gasteiger partial charge in [-0.2, -0.15) is 0 Å². The van der Waals surface area contributed by atoms with E-state index in [1.165, 1.54) is 0 Å². The van der Waals surface area contributed by atoms with Crippen LogP contribution in [0.15, 0.2) is 84.9 Å². The molecule has 1 aliphatic rings. The third-order valence-electron chi connectivity index (χ3n) is 6.04. The Morgan fingerprint density at radius 2 is 1.68 bits per heavy atom. The molecule has 0 aromatic heterocycles. The fourth-order valence-corrected chi connectivity index (χ4v) is 4.27. The van der Waals surface area contributed by atoms with Crippen LogP contribution in [0.4, 0.5) is 11.4 Å². The van der Waals surface area contributed by atoms with E-state index >= 15 is 0 Å². The van der Waals surface area contributed by atoms with Gasteiger partial charge >= 0.3 is 0 Å². The predicted molar refractivity (Wildman–Crippen MR) is 136 cm³/mol. The zero-order chi connectivity index (χ0) is 23.7. The number of halogens is 1. The van der Waals surface area contributed by atoms with Crippen molar-refractivity contribution in [3.63, 3.8) is 0 Å². The number of rotatable bonds is 5. The highest BCUT2D eigenvalue weighted by Crippen LogP contribution is 2.30. The van der Waals surface area contributed by atoms with Gasteiger partial charge in [-0.3, -0.25) is 9.59 Å². The first kappa shape index (κ1) is 22.0. The Morgan fingerprint density at radius 3 is 2.44 bits per heavy atom. The number of benzene rings is 4. The lowest BCUT2D eigenvalue weighted by atomic mass is 10.1. The van der Waals surface area contributed by atoms with Crippen molar-refractivity contribution in [3.8, 4) is 11.5 Å². The van der Waals surface area contributed by atoms with Gasteiger partial charge in [-0.05, 0) is 71.8 Å². The summed E-state index contributed by atoms with van der Waals surface area (Å²) in [5.74, 6) is 0.723. The molecule has 0 radical (unpaired) electrons. The summed E-state index contributed by atoms with van der Waals surface area (Å²) in [6, 6.07) is 26.8. The summed E-state index contributed by atoms with van der Waals surface area (Å²) in [4.78, 5) is 27.0. The van der Waals surface area contributed by atoms with Crippen molar-refractivity contribution >= 4 is 45.6 Å². The average molecular weight is 471 g/mol. The van der Waals surface area contributed by atoms with Gasteiger partial charge in [0, 0.05) is 29.4 Å². The minimum absolute atomic E-state index is 0.0841. The molecule has 0 spiro atoms. The summed E-state index contributed by atoms with van der Waals surface area (Å²) in [5.41, 5.74) is 2.31. The van der Waals surface area contributed by atoms with Gasteiger partial charge in [0.05, 0.1) is 5.92 Å². The summed E-state index contributed by atoms with van der Waals surface area (Å²) in [5, 5.41) is 5.78. The molecule has 1 aliphatic heterocycles. The Kier molecular flexibility index (Phi) is 5.95. The fraction of sp³-hybridized carbons (Fsp3) is 0.143. The molecule has 0 saturated carbocycles. The van der Waals surface area contributed by atoms with Gasteiger partial charge in [0.2, 0.25) is 11.8 Å². The van der Waals surface area contributed by atoms with Crippen molar-refractivity contribution in [1.29, 1.82) is 0 Å². The van der Waals surface area contributed by atoms with Crippen LogP contribution in [-0.4, -0.2) is 18.4 Å². The molecule has 6 heteroatoms. The Bertz CT molecular complexity index is 1380. The zero-order valence-electron chi connectivity index (χ0n) is 18.6. The summed E-state index contributed by atoms with van der Waals surface area (Å²) in [6.07, 6.45) is 0.167. The standard InChI is InChI=1S/C28H23ClN2O3/c1-18-6-10-23(16-26(18)29)31-17-21(15-27(31)32)28(33)30-22-8-12-24(13-9-22)34-25-11-7-19-4-2-3-5-20(19)14-25/h2-14,16,21H,15,17H2,1H3,(H,30,33)/t21-/m0/s1. The maximum atomic E-state index is 12.8. The van der Waals surface area contributed by atoms with Crippen LogP contribution in [0, 0.1) is 12.8 Å². The minimum atomic E-state index is -0.430. The van der Waals surface area contributed by atoms with E-state index in [4.69, 9.17) is 16.3 Å². The number of amides is 2. The van der Waals surface area contributed by atoms with Gasteiger partial charge in [0.1, 0.15) is 11.5 Å². The molecule has 170 valence electrons. The predicted octanol–water partition coefficient (Wildman–Crippen LogP) is 6.59. The van der Waals surface area contributed by atoms with Gasteiger partial charge < -0.3 is 15.0 Å². The van der Waals surface area contributed by atoms with Crippen molar-refractivity contribution < 1.29 is 14.3 Å². The van der Waals surface area contributed by atoms with Gasteiger partial charge in [-0.25, -0.2) is 0 Å². The van der Waals surface area contributed by atoms with Crippen LogP contribution in [0.3, 0.4) is 0 Å². The van der Waals surface area contributed by atoms with Crippen molar-refractivity contribution in [2.24, 2.45) is 5.92 Å². The van der Waals surface area contributed by atoms with Gasteiger partial charge in [-0.1, -0.05) is 48.0 Å². The molecule has 1 heterocycles. The minimum Gasteiger partial charge on any atom is -0.457 e. The van der Waals surface area contributed by atoms with Crippen molar-refractivity contribution in [1.82, 2.24) is 0 Å². The second-order valence-electron chi connectivity index (χ2n) is 8.46. The van der Waals surface area contributed by atoms with Crippen LogP contribution in [0.2, 0.25) is 5.02 Å². The van der Waals surface area contributed by atoms with Crippen molar-refractivity contribution in [3.05, 3.63) is 95.5 Å². The SMILES string of the molecule is Cc1ccc(N2C[C@@H](C(=O)Nc3ccc(Oc4ccc5ccccc5c4)cc3)CC2=O)cc1Cl. The van der Waals surface area contributed by atoms with Crippen LogP contribution in [0.5, 0.6) is 11.5 Å².